The lowest BCUT2D eigenvalue weighted by atomic mass is 9.96. The Bertz CT molecular complexity index is 1260. The zero-order valence-electron chi connectivity index (χ0n) is 23.2. The Morgan fingerprint density at radius 2 is 1.84 bits per heavy atom. The average molecular weight is 510 g/mol. The van der Waals surface area contributed by atoms with Gasteiger partial charge in [0.05, 0.1) is 23.9 Å². The molecule has 5 heteroatoms. The maximum atomic E-state index is 12.7. The lowest BCUT2D eigenvalue weighted by Gasteiger charge is -2.23. The third-order valence-electron chi connectivity index (χ3n) is 6.53. The number of allylic oxidation sites excluding steroid dienone is 6. The summed E-state index contributed by atoms with van der Waals surface area (Å²) in [6.45, 7) is 8.31. The van der Waals surface area contributed by atoms with E-state index in [1.807, 2.05) is 62.4 Å². The topological polar surface area (TPSA) is 65.7 Å². The maximum Gasteiger partial charge on any atom is 0.229 e. The summed E-state index contributed by atoms with van der Waals surface area (Å²) in [6, 6.07) is 17.7. The minimum absolute atomic E-state index is 0.0626. The molecule has 0 saturated carbocycles. The minimum atomic E-state index is -0.0626. The molecule has 0 aliphatic heterocycles. The van der Waals surface area contributed by atoms with E-state index in [0.717, 1.165) is 72.6 Å². The van der Waals surface area contributed by atoms with Crippen LogP contribution < -0.4 is 9.64 Å². The molecule has 2 aromatic rings. The molecule has 0 bridgehead atoms. The molecule has 5 nitrogen and oxygen atoms in total. The SMILES string of the molecule is CCC/C(=C\CC1=CC=C(c2ccccc2C#N)CCC1)N=C(CC)N(C(C)=O)c1ccc(OCC)cc1. The summed E-state index contributed by atoms with van der Waals surface area (Å²) in [5.74, 6) is 1.46. The van der Waals surface area contributed by atoms with Crippen molar-refractivity contribution in [3.05, 3.63) is 89.2 Å². The number of carbonyl (C=O) groups is 1. The van der Waals surface area contributed by atoms with E-state index in [9.17, 15) is 10.1 Å². The number of hydrogen-bond acceptors (Lipinski definition) is 4. The summed E-state index contributed by atoms with van der Waals surface area (Å²) in [7, 11) is 0. The van der Waals surface area contributed by atoms with Crippen molar-refractivity contribution in [3.8, 4) is 11.8 Å². The van der Waals surface area contributed by atoms with Crippen molar-refractivity contribution in [1.29, 1.82) is 5.26 Å². The van der Waals surface area contributed by atoms with Crippen molar-refractivity contribution in [1.82, 2.24) is 0 Å². The van der Waals surface area contributed by atoms with Crippen LogP contribution in [-0.4, -0.2) is 18.3 Å². The van der Waals surface area contributed by atoms with Crippen LogP contribution in [0.3, 0.4) is 0 Å². The second-order valence-corrected chi connectivity index (χ2v) is 9.34. The molecule has 2 aromatic carbocycles. The first-order chi connectivity index (χ1) is 18.5. The van der Waals surface area contributed by atoms with Gasteiger partial charge in [0.25, 0.3) is 0 Å². The van der Waals surface area contributed by atoms with Crippen LogP contribution in [0.25, 0.3) is 5.57 Å². The molecular weight excluding hydrogens is 470 g/mol. The monoisotopic (exact) mass is 509 g/mol. The van der Waals surface area contributed by atoms with Crippen LogP contribution in [-0.2, 0) is 4.79 Å². The van der Waals surface area contributed by atoms with Crippen LogP contribution >= 0.6 is 0 Å². The van der Waals surface area contributed by atoms with E-state index in [1.54, 1.807) is 11.8 Å². The van der Waals surface area contributed by atoms with E-state index >= 15 is 0 Å². The predicted molar refractivity (Wildman–Crippen MR) is 157 cm³/mol. The number of nitriles is 1. The Hall–Kier alpha value is -3.91. The fourth-order valence-corrected chi connectivity index (χ4v) is 4.68. The average Bonchev–Trinajstić information content (AvgIpc) is 3.18. The van der Waals surface area contributed by atoms with Gasteiger partial charge in [-0.1, -0.05) is 62.3 Å². The summed E-state index contributed by atoms with van der Waals surface area (Å²) in [5.41, 5.74) is 6.13. The molecule has 0 spiro atoms. The third-order valence-corrected chi connectivity index (χ3v) is 6.53. The van der Waals surface area contributed by atoms with Gasteiger partial charge < -0.3 is 4.74 Å². The lowest BCUT2D eigenvalue weighted by Crippen LogP contribution is -2.35. The molecule has 1 amide bonds. The number of ether oxygens (including phenoxy) is 1. The van der Waals surface area contributed by atoms with Crippen molar-refractivity contribution in [2.45, 2.75) is 72.6 Å². The number of hydrogen-bond donors (Lipinski definition) is 0. The fraction of sp³-hybridized carbons (Fsp3) is 0.364. The Morgan fingerprint density at radius 3 is 2.50 bits per heavy atom. The second-order valence-electron chi connectivity index (χ2n) is 9.34. The summed E-state index contributed by atoms with van der Waals surface area (Å²) in [6.07, 6.45) is 12.9. The van der Waals surface area contributed by atoms with Gasteiger partial charge in [0.15, 0.2) is 0 Å². The molecule has 0 radical (unpaired) electrons. The molecule has 1 aliphatic carbocycles. The molecular formula is C33H39N3O2. The zero-order chi connectivity index (χ0) is 27.3. The summed E-state index contributed by atoms with van der Waals surface area (Å²) in [5, 5.41) is 9.50. The fourth-order valence-electron chi connectivity index (χ4n) is 4.68. The van der Waals surface area contributed by atoms with Crippen LogP contribution in [0.2, 0.25) is 0 Å². The van der Waals surface area contributed by atoms with Crippen LogP contribution in [0.4, 0.5) is 5.69 Å². The van der Waals surface area contributed by atoms with Crippen LogP contribution in [0.15, 0.2) is 83.0 Å². The highest BCUT2D eigenvalue weighted by Crippen LogP contribution is 2.29. The van der Waals surface area contributed by atoms with Gasteiger partial charge in [-0.2, -0.15) is 5.26 Å². The first-order valence-corrected chi connectivity index (χ1v) is 13.7. The van der Waals surface area contributed by atoms with Gasteiger partial charge >= 0.3 is 0 Å². The first kappa shape index (κ1) is 28.7. The van der Waals surface area contributed by atoms with E-state index in [2.05, 4.69) is 31.2 Å². The number of benzene rings is 2. The number of aliphatic imine (C=N–C) groups is 1. The lowest BCUT2D eigenvalue weighted by molar-refractivity contribution is -0.115. The van der Waals surface area contributed by atoms with Gasteiger partial charge in [-0.05, 0) is 80.5 Å². The summed E-state index contributed by atoms with van der Waals surface area (Å²) in [4.78, 5) is 19.4. The number of nitrogens with zero attached hydrogens (tertiary/aromatic N) is 3. The maximum absolute atomic E-state index is 12.7. The number of amidine groups is 1. The first-order valence-electron chi connectivity index (χ1n) is 13.7. The highest BCUT2D eigenvalue weighted by molar-refractivity contribution is 6.16. The van der Waals surface area contributed by atoms with Crippen LogP contribution in [0.5, 0.6) is 5.75 Å². The third kappa shape index (κ3) is 7.79. The predicted octanol–water partition coefficient (Wildman–Crippen LogP) is 8.39. The minimum Gasteiger partial charge on any atom is -0.494 e. The number of amides is 1. The molecule has 0 saturated heterocycles. The van der Waals surface area contributed by atoms with Gasteiger partial charge in [0.2, 0.25) is 5.91 Å². The highest BCUT2D eigenvalue weighted by Gasteiger charge is 2.18. The van der Waals surface area contributed by atoms with Crippen LogP contribution in [0, 0.1) is 11.3 Å². The quantitative estimate of drug-likeness (QED) is 0.239. The van der Waals surface area contributed by atoms with Crippen molar-refractivity contribution in [2.75, 3.05) is 11.5 Å². The molecule has 38 heavy (non-hydrogen) atoms. The normalized spacial score (nSPS) is 14.2. The number of carbonyl (C=O) groups excluding carboxylic acids is 1. The molecule has 198 valence electrons. The smallest absolute Gasteiger partial charge is 0.229 e. The Labute approximate surface area is 227 Å². The number of rotatable bonds is 10. The van der Waals surface area contributed by atoms with Gasteiger partial charge in [0.1, 0.15) is 11.6 Å². The van der Waals surface area contributed by atoms with Crippen molar-refractivity contribution in [2.24, 2.45) is 4.99 Å². The van der Waals surface area contributed by atoms with Gasteiger partial charge in [-0.3, -0.25) is 9.69 Å². The largest absolute Gasteiger partial charge is 0.494 e. The van der Waals surface area contributed by atoms with E-state index in [4.69, 9.17) is 9.73 Å². The standard InChI is InChI=1S/C33H39N3O2/c1-5-11-29(35-33(6-2)36(25(4)37)30-20-22-31(23-21-30)38-7-3)19-17-26-12-10-14-27(18-16-26)32-15-9-8-13-28(32)24-34/h8-9,13,15-16,18-23H,5-7,10-12,14,17H2,1-4H3/b29-19+,35-33?. The highest BCUT2D eigenvalue weighted by atomic mass is 16.5. The molecule has 0 fully saturated rings. The van der Waals surface area contributed by atoms with Crippen molar-refractivity contribution < 1.29 is 9.53 Å². The van der Waals surface area contributed by atoms with E-state index in [-0.39, 0.29) is 5.91 Å². The van der Waals surface area contributed by atoms with Gasteiger partial charge in [-0.25, -0.2) is 4.99 Å². The van der Waals surface area contributed by atoms with Crippen molar-refractivity contribution in [3.63, 3.8) is 0 Å². The Morgan fingerprint density at radius 1 is 1.08 bits per heavy atom. The summed E-state index contributed by atoms with van der Waals surface area (Å²) < 4.78 is 5.56. The molecule has 0 aromatic heterocycles. The molecule has 0 atom stereocenters. The van der Waals surface area contributed by atoms with E-state index in [0.29, 0.717) is 13.0 Å². The van der Waals surface area contributed by atoms with Gasteiger partial charge in [-0.15, -0.1) is 0 Å². The Kier molecular flexibility index (Phi) is 11.1. The van der Waals surface area contributed by atoms with E-state index in [1.165, 1.54) is 11.1 Å². The number of anilines is 1. The molecule has 0 heterocycles. The second kappa shape index (κ2) is 14.7. The van der Waals surface area contributed by atoms with E-state index < -0.39 is 0 Å². The molecule has 1 aliphatic rings. The molecule has 3 rings (SSSR count). The summed E-state index contributed by atoms with van der Waals surface area (Å²) >= 11 is 0. The Balaban J connectivity index is 1.85. The van der Waals surface area contributed by atoms with Crippen molar-refractivity contribution >= 4 is 23.0 Å². The molecule has 0 unspecified atom stereocenters. The molecule has 0 N–H and O–H groups in total. The van der Waals surface area contributed by atoms with Gasteiger partial charge in [0, 0.05) is 19.0 Å². The van der Waals surface area contributed by atoms with Crippen LogP contribution in [0.1, 0.15) is 83.8 Å². The zero-order valence-corrected chi connectivity index (χ0v) is 23.2.